The number of sulfonamides is 1. The maximum atomic E-state index is 13.4. The Labute approximate surface area is 159 Å². The van der Waals surface area contributed by atoms with Gasteiger partial charge in [0.15, 0.2) is 9.84 Å². The van der Waals surface area contributed by atoms with Gasteiger partial charge in [0.2, 0.25) is 10.0 Å². The average Bonchev–Trinajstić information content (AvgIpc) is 3.21. The first kappa shape index (κ1) is 20.2. The molecule has 2 heterocycles. The van der Waals surface area contributed by atoms with Crippen LogP contribution in [0.4, 0.5) is 0 Å². The fourth-order valence-corrected chi connectivity index (χ4v) is 7.34. The van der Waals surface area contributed by atoms with E-state index in [4.69, 9.17) is 4.74 Å². The molecule has 8 nitrogen and oxygen atoms in total. The van der Waals surface area contributed by atoms with Crippen LogP contribution in [0.5, 0.6) is 0 Å². The van der Waals surface area contributed by atoms with Gasteiger partial charge in [-0.1, -0.05) is 6.07 Å². The number of carbonyl (C=O) groups is 1. The molecule has 0 amide bonds. The minimum atomic E-state index is -4.08. The van der Waals surface area contributed by atoms with Crippen molar-refractivity contribution in [1.29, 1.82) is 0 Å². The van der Waals surface area contributed by atoms with Gasteiger partial charge in [-0.05, 0) is 43.9 Å². The van der Waals surface area contributed by atoms with Crippen molar-refractivity contribution in [1.82, 2.24) is 4.31 Å². The Kier molecular flexibility index (Phi) is 5.62. The highest BCUT2D eigenvalue weighted by Crippen LogP contribution is 2.29. The fraction of sp³-hybridized carbons (Fsp3) is 0.588. The van der Waals surface area contributed by atoms with Gasteiger partial charge in [-0.3, -0.25) is 0 Å². The SMILES string of the molecule is Cc1ccc(C(=O)O)cc1S(=O)(=O)N(C[C@H]1CCCO1)[C@@H]1CCS(=O)(=O)C1. The van der Waals surface area contributed by atoms with Crippen LogP contribution in [0, 0.1) is 6.92 Å². The fourth-order valence-electron chi connectivity index (χ4n) is 3.57. The molecule has 150 valence electrons. The molecule has 1 N–H and O–H groups in total. The van der Waals surface area contributed by atoms with Crippen molar-refractivity contribution in [2.24, 2.45) is 0 Å². The molecular weight excluding hydrogens is 394 g/mol. The second-order valence-corrected chi connectivity index (χ2v) is 11.1. The normalized spacial score (nSPS) is 25.1. The molecule has 2 atom stereocenters. The standard InChI is InChI=1S/C17H23NO7S2/c1-12-4-5-13(17(19)20)9-16(12)27(23,24)18(10-15-3-2-7-25-15)14-6-8-26(21,22)11-14/h4-5,9,14-15H,2-3,6-8,10-11H2,1H3,(H,19,20)/t14-,15-/m1/s1. The summed E-state index contributed by atoms with van der Waals surface area (Å²) in [6.07, 6.45) is 1.48. The second-order valence-electron chi connectivity index (χ2n) is 7.05. The van der Waals surface area contributed by atoms with Crippen molar-refractivity contribution in [3.63, 3.8) is 0 Å². The van der Waals surface area contributed by atoms with Gasteiger partial charge in [-0.15, -0.1) is 0 Å². The molecule has 0 bridgehead atoms. The van der Waals surface area contributed by atoms with Crippen molar-refractivity contribution >= 4 is 25.8 Å². The minimum Gasteiger partial charge on any atom is -0.478 e. The summed E-state index contributed by atoms with van der Waals surface area (Å²) in [6, 6.07) is 3.27. The third kappa shape index (κ3) is 4.34. The molecule has 10 heteroatoms. The lowest BCUT2D eigenvalue weighted by Crippen LogP contribution is -2.45. The second kappa shape index (κ2) is 7.50. The topological polar surface area (TPSA) is 118 Å². The average molecular weight is 418 g/mol. The number of nitrogens with zero attached hydrogens (tertiary/aromatic N) is 1. The molecule has 0 unspecified atom stereocenters. The monoisotopic (exact) mass is 417 g/mol. The van der Waals surface area contributed by atoms with Gasteiger partial charge in [0.1, 0.15) is 0 Å². The van der Waals surface area contributed by atoms with E-state index in [0.717, 1.165) is 12.5 Å². The molecule has 0 spiro atoms. The summed E-state index contributed by atoms with van der Waals surface area (Å²) in [7, 11) is -7.37. The highest BCUT2D eigenvalue weighted by atomic mass is 32.2. The summed E-state index contributed by atoms with van der Waals surface area (Å²) in [4.78, 5) is 11.2. The molecule has 1 aromatic rings. The first-order valence-electron chi connectivity index (χ1n) is 8.78. The predicted molar refractivity (Wildman–Crippen MR) is 98.1 cm³/mol. The molecule has 2 aliphatic heterocycles. The largest absolute Gasteiger partial charge is 0.478 e. The number of carboxylic acids is 1. The molecule has 1 aromatic carbocycles. The number of rotatable bonds is 6. The number of aryl methyl sites for hydroxylation is 1. The molecule has 0 aromatic heterocycles. The Bertz CT molecular complexity index is 934. The van der Waals surface area contributed by atoms with Gasteiger partial charge < -0.3 is 9.84 Å². The Hall–Kier alpha value is -1.49. The van der Waals surface area contributed by atoms with Crippen molar-refractivity contribution < 1.29 is 31.5 Å². The number of ether oxygens (including phenoxy) is 1. The number of hydrogen-bond donors (Lipinski definition) is 1. The smallest absolute Gasteiger partial charge is 0.335 e. The lowest BCUT2D eigenvalue weighted by molar-refractivity contribution is 0.0696. The van der Waals surface area contributed by atoms with Crippen LogP contribution in [0.25, 0.3) is 0 Å². The molecule has 27 heavy (non-hydrogen) atoms. The van der Waals surface area contributed by atoms with E-state index in [2.05, 4.69) is 0 Å². The van der Waals surface area contributed by atoms with Gasteiger partial charge in [0.25, 0.3) is 0 Å². The van der Waals surface area contributed by atoms with Crippen LogP contribution in [-0.4, -0.2) is 69.0 Å². The van der Waals surface area contributed by atoms with E-state index in [1.165, 1.54) is 16.4 Å². The van der Waals surface area contributed by atoms with E-state index >= 15 is 0 Å². The zero-order valence-electron chi connectivity index (χ0n) is 15.0. The van der Waals surface area contributed by atoms with E-state index in [1.807, 2.05) is 0 Å². The quantitative estimate of drug-likeness (QED) is 0.735. The number of sulfone groups is 1. The van der Waals surface area contributed by atoms with Gasteiger partial charge >= 0.3 is 5.97 Å². The first-order chi connectivity index (χ1) is 12.6. The maximum Gasteiger partial charge on any atom is 0.335 e. The summed E-state index contributed by atoms with van der Waals surface area (Å²) in [5.41, 5.74) is 0.286. The zero-order chi connectivity index (χ0) is 19.8. The van der Waals surface area contributed by atoms with Crippen molar-refractivity contribution in [3.8, 4) is 0 Å². The van der Waals surface area contributed by atoms with E-state index in [9.17, 15) is 26.7 Å². The maximum absolute atomic E-state index is 13.4. The Morgan fingerprint density at radius 2 is 2.07 bits per heavy atom. The van der Waals surface area contributed by atoms with E-state index in [-0.39, 0.29) is 41.0 Å². The third-order valence-corrected chi connectivity index (χ3v) is 8.86. The number of hydrogen-bond acceptors (Lipinski definition) is 6. The molecule has 3 rings (SSSR count). The van der Waals surface area contributed by atoms with Gasteiger partial charge in [0, 0.05) is 19.2 Å². The van der Waals surface area contributed by atoms with Gasteiger partial charge in [-0.2, -0.15) is 4.31 Å². The van der Waals surface area contributed by atoms with Crippen LogP contribution in [0.3, 0.4) is 0 Å². The zero-order valence-corrected chi connectivity index (χ0v) is 16.6. The van der Waals surface area contributed by atoms with E-state index < -0.39 is 31.9 Å². The van der Waals surface area contributed by atoms with Gasteiger partial charge in [0.05, 0.1) is 28.1 Å². The third-order valence-electron chi connectivity index (χ3n) is 5.04. The predicted octanol–water partition coefficient (Wildman–Crippen LogP) is 1.05. The van der Waals surface area contributed by atoms with Crippen molar-refractivity contribution in [3.05, 3.63) is 29.3 Å². The Morgan fingerprint density at radius 3 is 2.63 bits per heavy atom. The van der Waals surface area contributed by atoms with Crippen molar-refractivity contribution in [2.75, 3.05) is 24.7 Å². The lowest BCUT2D eigenvalue weighted by Gasteiger charge is -2.30. The van der Waals surface area contributed by atoms with Crippen LogP contribution >= 0.6 is 0 Å². The van der Waals surface area contributed by atoms with E-state index in [0.29, 0.717) is 18.6 Å². The Morgan fingerprint density at radius 1 is 1.33 bits per heavy atom. The summed E-state index contributed by atoms with van der Waals surface area (Å²) < 4.78 is 57.4. The molecule has 2 saturated heterocycles. The Balaban J connectivity index is 2.01. The molecule has 0 radical (unpaired) electrons. The molecule has 2 aliphatic rings. The number of aromatic carboxylic acids is 1. The van der Waals surface area contributed by atoms with Crippen LogP contribution in [0.2, 0.25) is 0 Å². The number of benzene rings is 1. The van der Waals surface area contributed by atoms with E-state index in [1.54, 1.807) is 6.92 Å². The van der Waals surface area contributed by atoms with Gasteiger partial charge in [-0.25, -0.2) is 21.6 Å². The molecule has 0 aliphatic carbocycles. The minimum absolute atomic E-state index is 0.0522. The highest BCUT2D eigenvalue weighted by Gasteiger charge is 2.41. The van der Waals surface area contributed by atoms with Crippen LogP contribution in [-0.2, 0) is 24.6 Å². The van der Waals surface area contributed by atoms with Crippen LogP contribution < -0.4 is 0 Å². The summed E-state index contributed by atoms with van der Waals surface area (Å²) in [5.74, 6) is -1.50. The number of carboxylic acid groups (broad SMARTS) is 1. The van der Waals surface area contributed by atoms with Crippen LogP contribution in [0.15, 0.2) is 23.1 Å². The summed E-state index contributed by atoms with van der Waals surface area (Å²) in [6.45, 7) is 2.21. The summed E-state index contributed by atoms with van der Waals surface area (Å²) >= 11 is 0. The summed E-state index contributed by atoms with van der Waals surface area (Å²) in [5, 5.41) is 9.21. The van der Waals surface area contributed by atoms with Crippen molar-refractivity contribution in [2.45, 2.75) is 43.2 Å². The first-order valence-corrected chi connectivity index (χ1v) is 12.0. The molecular formula is C17H23NO7S2. The van der Waals surface area contributed by atoms with Crippen LogP contribution in [0.1, 0.15) is 35.2 Å². The molecule has 0 saturated carbocycles. The highest BCUT2D eigenvalue weighted by molar-refractivity contribution is 7.92. The molecule has 2 fully saturated rings. The lowest BCUT2D eigenvalue weighted by atomic mass is 10.1.